The summed E-state index contributed by atoms with van der Waals surface area (Å²) in [5.41, 5.74) is 2.52. The van der Waals surface area contributed by atoms with E-state index in [0.29, 0.717) is 34.1 Å². The molecule has 2 aromatic rings. The summed E-state index contributed by atoms with van der Waals surface area (Å²) >= 11 is 6.08. The number of methoxy groups -OCH3 is 2. The van der Waals surface area contributed by atoms with Crippen molar-refractivity contribution in [2.45, 2.75) is 19.6 Å². The minimum absolute atomic E-state index is 0.266. The van der Waals surface area contributed by atoms with Crippen LogP contribution in [0.1, 0.15) is 23.0 Å². The zero-order valence-corrected chi connectivity index (χ0v) is 16.3. The Morgan fingerprint density at radius 2 is 2.00 bits per heavy atom. The number of likely N-dealkylation sites (tertiary alicyclic amines) is 1. The Kier molecular flexibility index (Phi) is 6.26. The average Bonchev–Trinajstić information content (AvgIpc) is 2.64. The Morgan fingerprint density at radius 3 is 2.67 bits per heavy atom. The highest BCUT2D eigenvalue weighted by Gasteiger charge is 2.27. The van der Waals surface area contributed by atoms with Crippen molar-refractivity contribution in [2.75, 3.05) is 33.9 Å². The summed E-state index contributed by atoms with van der Waals surface area (Å²) in [6, 6.07) is 3.55. The normalized spacial score (nSPS) is 14.7. The second-order valence-corrected chi connectivity index (χ2v) is 6.59. The minimum atomic E-state index is -0.440. The molecule has 0 N–H and O–H groups in total. The molecule has 3 rings (SSSR count). The molecule has 144 valence electrons. The highest BCUT2D eigenvalue weighted by molar-refractivity contribution is 6.29. The number of esters is 1. The molecule has 1 aliphatic heterocycles. The predicted molar refractivity (Wildman–Crippen MR) is 101 cm³/mol. The third kappa shape index (κ3) is 4.37. The van der Waals surface area contributed by atoms with Gasteiger partial charge in [0.15, 0.2) is 0 Å². The highest BCUT2D eigenvalue weighted by Crippen LogP contribution is 2.34. The van der Waals surface area contributed by atoms with Crippen LogP contribution in [0.5, 0.6) is 5.75 Å². The summed E-state index contributed by atoms with van der Waals surface area (Å²) in [5.74, 6) is 0.0791. The smallest absolute Gasteiger partial charge is 0.340 e. The molecule has 0 aromatic carbocycles. The SMILES string of the molecule is CCOC(=O)c1cnc(CN2CC(OC)C2)cc1-c1cc(Cl)ncc1OC. The Morgan fingerprint density at radius 1 is 1.22 bits per heavy atom. The predicted octanol–water partition coefficient (Wildman–Crippen LogP) is 2.81. The van der Waals surface area contributed by atoms with Crippen molar-refractivity contribution in [3.05, 3.63) is 40.9 Å². The summed E-state index contributed by atoms with van der Waals surface area (Å²) in [6.45, 7) is 4.42. The van der Waals surface area contributed by atoms with Gasteiger partial charge in [-0.2, -0.15) is 0 Å². The molecule has 0 bridgehead atoms. The molecule has 1 aliphatic rings. The van der Waals surface area contributed by atoms with Gasteiger partial charge in [-0.1, -0.05) is 11.6 Å². The van der Waals surface area contributed by atoms with Crippen LogP contribution in [0.15, 0.2) is 24.5 Å². The van der Waals surface area contributed by atoms with Crippen molar-refractivity contribution >= 4 is 17.6 Å². The van der Waals surface area contributed by atoms with Crippen LogP contribution in [0.3, 0.4) is 0 Å². The number of hydrogen-bond acceptors (Lipinski definition) is 7. The van der Waals surface area contributed by atoms with Gasteiger partial charge in [-0.05, 0) is 19.1 Å². The fourth-order valence-electron chi connectivity index (χ4n) is 3.00. The van der Waals surface area contributed by atoms with Gasteiger partial charge in [-0.3, -0.25) is 9.88 Å². The van der Waals surface area contributed by atoms with E-state index in [1.165, 1.54) is 6.20 Å². The minimum Gasteiger partial charge on any atom is -0.494 e. The van der Waals surface area contributed by atoms with Gasteiger partial charge in [0, 0.05) is 44.1 Å². The first-order valence-corrected chi connectivity index (χ1v) is 9.04. The monoisotopic (exact) mass is 391 g/mol. The van der Waals surface area contributed by atoms with Crippen LogP contribution in [0.25, 0.3) is 11.1 Å². The average molecular weight is 392 g/mol. The van der Waals surface area contributed by atoms with Gasteiger partial charge in [-0.25, -0.2) is 9.78 Å². The van der Waals surface area contributed by atoms with E-state index in [0.717, 1.165) is 18.8 Å². The molecule has 0 amide bonds. The maximum atomic E-state index is 12.4. The van der Waals surface area contributed by atoms with Gasteiger partial charge in [0.2, 0.25) is 0 Å². The lowest BCUT2D eigenvalue weighted by atomic mass is 10.00. The topological polar surface area (TPSA) is 73.8 Å². The number of hydrogen-bond donors (Lipinski definition) is 0. The van der Waals surface area contributed by atoms with Gasteiger partial charge in [-0.15, -0.1) is 0 Å². The molecule has 0 saturated carbocycles. The molecule has 1 fully saturated rings. The zero-order valence-electron chi connectivity index (χ0n) is 15.6. The molecule has 8 heteroatoms. The van der Waals surface area contributed by atoms with Crippen LogP contribution in [-0.4, -0.2) is 60.9 Å². The van der Waals surface area contributed by atoms with Crippen LogP contribution in [0.2, 0.25) is 5.15 Å². The molecule has 2 aromatic heterocycles. The molecule has 0 unspecified atom stereocenters. The van der Waals surface area contributed by atoms with Crippen molar-refractivity contribution in [1.82, 2.24) is 14.9 Å². The van der Waals surface area contributed by atoms with Gasteiger partial charge >= 0.3 is 5.97 Å². The number of halogens is 1. The lowest BCUT2D eigenvalue weighted by Crippen LogP contribution is -2.51. The van der Waals surface area contributed by atoms with Crippen LogP contribution in [0.4, 0.5) is 0 Å². The lowest BCUT2D eigenvalue weighted by Gasteiger charge is -2.37. The van der Waals surface area contributed by atoms with Crippen LogP contribution in [0, 0.1) is 0 Å². The summed E-state index contributed by atoms with van der Waals surface area (Å²) in [7, 11) is 3.26. The van der Waals surface area contributed by atoms with Gasteiger partial charge in [0.05, 0.1) is 37.3 Å². The van der Waals surface area contributed by atoms with E-state index >= 15 is 0 Å². The molecule has 0 atom stereocenters. The van der Waals surface area contributed by atoms with Crippen molar-refractivity contribution < 1.29 is 19.0 Å². The van der Waals surface area contributed by atoms with Crippen molar-refractivity contribution in [2.24, 2.45) is 0 Å². The summed E-state index contributed by atoms with van der Waals surface area (Å²) in [5, 5.41) is 0.310. The number of pyridine rings is 2. The van der Waals surface area contributed by atoms with E-state index in [-0.39, 0.29) is 12.7 Å². The fourth-order valence-corrected chi connectivity index (χ4v) is 3.16. The van der Waals surface area contributed by atoms with Gasteiger partial charge in [0.25, 0.3) is 0 Å². The third-order valence-corrected chi connectivity index (χ3v) is 4.65. The van der Waals surface area contributed by atoms with Crippen molar-refractivity contribution in [1.29, 1.82) is 0 Å². The molecule has 0 aliphatic carbocycles. The first kappa shape index (κ1) is 19.5. The molecule has 1 saturated heterocycles. The second-order valence-electron chi connectivity index (χ2n) is 6.20. The van der Waals surface area contributed by atoms with E-state index in [4.69, 9.17) is 25.8 Å². The highest BCUT2D eigenvalue weighted by atomic mass is 35.5. The zero-order chi connectivity index (χ0) is 19.4. The maximum absolute atomic E-state index is 12.4. The fraction of sp³-hybridized carbons (Fsp3) is 0.421. The third-order valence-electron chi connectivity index (χ3n) is 4.44. The van der Waals surface area contributed by atoms with Crippen molar-refractivity contribution in [3.63, 3.8) is 0 Å². The van der Waals surface area contributed by atoms with E-state index in [1.807, 2.05) is 6.07 Å². The molecule has 7 nitrogen and oxygen atoms in total. The van der Waals surface area contributed by atoms with E-state index in [1.54, 1.807) is 33.4 Å². The number of aromatic nitrogens is 2. The van der Waals surface area contributed by atoms with E-state index in [9.17, 15) is 4.79 Å². The molecule has 27 heavy (non-hydrogen) atoms. The summed E-state index contributed by atoms with van der Waals surface area (Å²) < 4.78 is 15.9. The van der Waals surface area contributed by atoms with Gasteiger partial charge < -0.3 is 14.2 Å². The molecule has 0 radical (unpaired) electrons. The maximum Gasteiger partial charge on any atom is 0.340 e. The van der Waals surface area contributed by atoms with Crippen molar-refractivity contribution in [3.8, 4) is 16.9 Å². The molecule has 0 spiro atoms. The molecular weight excluding hydrogens is 370 g/mol. The molecular formula is C19H22ClN3O4. The summed E-state index contributed by atoms with van der Waals surface area (Å²) in [6.07, 6.45) is 3.34. The molecule has 3 heterocycles. The van der Waals surface area contributed by atoms with Crippen LogP contribution >= 0.6 is 11.6 Å². The number of carbonyl (C=O) groups excluding carboxylic acids is 1. The van der Waals surface area contributed by atoms with E-state index < -0.39 is 5.97 Å². The quantitative estimate of drug-likeness (QED) is 0.530. The van der Waals surface area contributed by atoms with Crippen LogP contribution in [-0.2, 0) is 16.0 Å². The number of rotatable bonds is 7. The Bertz CT molecular complexity index is 825. The number of ether oxygens (including phenoxy) is 3. The lowest BCUT2D eigenvalue weighted by molar-refractivity contribution is -0.0339. The number of carbonyl (C=O) groups is 1. The number of nitrogens with zero attached hydrogens (tertiary/aromatic N) is 3. The second kappa shape index (κ2) is 8.65. The standard InChI is InChI=1S/C19H22ClN3O4/c1-4-27-19(24)16-7-21-12(9-23-10-13(11-23)25-2)5-14(16)15-6-18(20)22-8-17(15)26-3/h5-8,13H,4,9-11H2,1-3H3. The largest absolute Gasteiger partial charge is 0.494 e. The van der Waals surface area contributed by atoms with Gasteiger partial charge in [0.1, 0.15) is 10.9 Å². The van der Waals surface area contributed by atoms with E-state index in [2.05, 4.69) is 14.9 Å². The summed E-state index contributed by atoms with van der Waals surface area (Å²) in [4.78, 5) is 23.1. The first-order valence-electron chi connectivity index (χ1n) is 8.66. The Labute approximate surface area is 163 Å². The Hall–Kier alpha value is -2.22. The Balaban J connectivity index is 1.99. The van der Waals surface area contributed by atoms with Crippen LogP contribution < -0.4 is 4.74 Å². The first-order chi connectivity index (χ1) is 13.0.